The number of nitroso groups, excluding NO2 is 1. The fraction of sp³-hybridized carbons (Fsp3) is 0.125. The molecule has 14 heavy (non-hydrogen) atoms. The number of carbonyl (C=O) groups is 1. The van der Waals surface area contributed by atoms with Crippen LogP contribution in [0.1, 0.15) is 0 Å². The monoisotopic (exact) mass is 197 g/mol. The topological polar surface area (TPSA) is 96.2 Å². The Bertz CT molecular complexity index is 363. The van der Waals surface area contributed by atoms with Crippen molar-refractivity contribution in [2.45, 2.75) is 0 Å². The van der Waals surface area contributed by atoms with Gasteiger partial charge in [0.1, 0.15) is 0 Å². The summed E-state index contributed by atoms with van der Waals surface area (Å²) in [6, 6.07) is 4.01. The number of rotatable bonds is 3. The highest BCUT2D eigenvalue weighted by Gasteiger charge is 2.08. The van der Waals surface area contributed by atoms with Crippen molar-refractivity contribution in [3.8, 4) is 17.2 Å². The second-order valence-electron chi connectivity index (χ2n) is 2.40. The van der Waals surface area contributed by atoms with Crippen molar-refractivity contribution in [3.05, 3.63) is 23.1 Å². The number of benzene rings is 1. The Kier molecular flexibility index (Phi) is 3.01. The third-order valence-corrected chi connectivity index (χ3v) is 1.43. The Balaban J connectivity index is 2.72. The number of ether oxygens (including phenoxy) is 1. The van der Waals surface area contributed by atoms with Gasteiger partial charge in [-0.05, 0) is 12.1 Å². The molecule has 6 heteroatoms. The molecule has 0 unspecified atom stereocenters. The van der Waals surface area contributed by atoms with E-state index in [4.69, 9.17) is 9.84 Å². The summed E-state index contributed by atoms with van der Waals surface area (Å²) in [7, 11) is 0. The molecule has 0 bridgehead atoms. The fourth-order valence-corrected chi connectivity index (χ4v) is 0.793. The summed E-state index contributed by atoms with van der Waals surface area (Å²) in [6.07, 6.45) is 0. The van der Waals surface area contributed by atoms with Gasteiger partial charge in [-0.15, -0.1) is 4.91 Å². The van der Waals surface area contributed by atoms with Gasteiger partial charge >= 0.3 is 5.91 Å². The molecule has 2 N–H and O–H groups in total. The minimum absolute atomic E-state index is 0.0815. The predicted molar refractivity (Wildman–Crippen MR) is 46.1 cm³/mol. The van der Waals surface area contributed by atoms with Gasteiger partial charge in [0.25, 0.3) is 0 Å². The Labute approximate surface area is 78.7 Å². The Morgan fingerprint density at radius 2 is 2.14 bits per heavy atom. The number of hydrogen-bond donors (Lipinski definition) is 2. The highest BCUT2D eigenvalue weighted by atomic mass is 16.5. The highest BCUT2D eigenvalue weighted by Crippen LogP contribution is 2.34. The minimum Gasteiger partial charge on any atom is -0.504 e. The van der Waals surface area contributed by atoms with E-state index in [0.29, 0.717) is 0 Å². The lowest BCUT2D eigenvalue weighted by Crippen LogP contribution is -2.07. The van der Waals surface area contributed by atoms with Gasteiger partial charge in [-0.25, -0.2) is 0 Å². The molecular weight excluding hydrogens is 190 g/mol. The molecule has 1 amide bonds. The van der Waals surface area contributed by atoms with Gasteiger partial charge in [0.05, 0.1) is 0 Å². The van der Waals surface area contributed by atoms with E-state index >= 15 is 0 Å². The summed E-state index contributed by atoms with van der Waals surface area (Å²) in [5.41, 5.74) is 0. The van der Waals surface area contributed by atoms with Crippen LogP contribution < -0.4 is 4.74 Å². The number of para-hydroxylation sites is 1. The average molecular weight is 197 g/mol. The maximum atomic E-state index is 10.4. The largest absolute Gasteiger partial charge is 0.504 e. The van der Waals surface area contributed by atoms with E-state index in [1.165, 1.54) is 18.2 Å². The average Bonchev–Trinajstić information content (AvgIpc) is 2.20. The molecule has 0 aromatic heterocycles. The Morgan fingerprint density at radius 3 is 2.79 bits per heavy atom. The summed E-state index contributed by atoms with van der Waals surface area (Å²) in [5, 5.41) is 20.3. The summed E-state index contributed by atoms with van der Waals surface area (Å²) < 4.78 is 4.72. The first-order valence-corrected chi connectivity index (χ1v) is 3.65. The number of carbonyl (C=O) groups excluding carboxylic acids is 1. The van der Waals surface area contributed by atoms with Gasteiger partial charge < -0.3 is 14.9 Å². The molecule has 0 atom stereocenters. The molecule has 6 nitrogen and oxygen atoms in total. The zero-order chi connectivity index (χ0) is 10.6. The quantitative estimate of drug-likeness (QED) is 0.551. The van der Waals surface area contributed by atoms with Crippen LogP contribution in [0.3, 0.4) is 0 Å². The summed E-state index contributed by atoms with van der Waals surface area (Å²) in [5.74, 6) is -1.92. The van der Waals surface area contributed by atoms with Crippen molar-refractivity contribution in [3.63, 3.8) is 0 Å². The third kappa shape index (κ3) is 2.19. The van der Waals surface area contributed by atoms with Gasteiger partial charge in [-0.1, -0.05) is 6.07 Å². The number of hydrogen-bond acceptors (Lipinski definition) is 5. The molecule has 74 valence electrons. The van der Waals surface area contributed by atoms with Gasteiger partial charge in [0.15, 0.2) is 18.1 Å². The summed E-state index contributed by atoms with van der Waals surface area (Å²) in [6.45, 7) is -0.569. The second-order valence-corrected chi connectivity index (χ2v) is 2.40. The maximum Gasteiger partial charge on any atom is 0.323 e. The van der Waals surface area contributed by atoms with Crippen LogP contribution in [0.15, 0.2) is 23.4 Å². The molecule has 0 aliphatic heterocycles. The molecule has 0 fully saturated rings. The molecular formula is C8H7NO5. The molecule has 0 radical (unpaired) electrons. The lowest BCUT2D eigenvalue weighted by atomic mass is 10.3. The second kappa shape index (κ2) is 4.22. The van der Waals surface area contributed by atoms with Crippen molar-refractivity contribution >= 4 is 5.91 Å². The van der Waals surface area contributed by atoms with Crippen LogP contribution in [-0.2, 0) is 4.79 Å². The van der Waals surface area contributed by atoms with E-state index in [0.717, 1.165) is 0 Å². The molecule has 1 aromatic rings. The van der Waals surface area contributed by atoms with Crippen LogP contribution in [0, 0.1) is 4.91 Å². The van der Waals surface area contributed by atoms with Crippen molar-refractivity contribution in [2.24, 2.45) is 5.18 Å². The smallest absolute Gasteiger partial charge is 0.323 e. The fourth-order valence-electron chi connectivity index (χ4n) is 0.793. The highest BCUT2D eigenvalue weighted by molar-refractivity contribution is 5.78. The molecule has 1 aromatic carbocycles. The summed E-state index contributed by atoms with van der Waals surface area (Å²) >= 11 is 0. The first kappa shape index (κ1) is 9.97. The SMILES string of the molecule is O=NC(=O)COc1cccc(O)c1O. The number of phenolic OH excluding ortho intramolecular Hbond substituents is 2. The van der Waals surface area contributed by atoms with Crippen molar-refractivity contribution < 1.29 is 19.7 Å². The van der Waals surface area contributed by atoms with Crippen LogP contribution in [0.5, 0.6) is 17.2 Å². The van der Waals surface area contributed by atoms with Crippen molar-refractivity contribution in [2.75, 3.05) is 6.61 Å². The number of aromatic hydroxyl groups is 2. The number of amides is 1. The lowest BCUT2D eigenvalue weighted by molar-refractivity contribution is -0.119. The zero-order valence-corrected chi connectivity index (χ0v) is 7.01. The molecule has 0 saturated heterocycles. The van der Waals surface area contributed by atoms with Gasteiger partial charge in [0, 0.05) is 5.18 Å². The summed E-state index contributed by atoms with van der Waals surface area (Å²) in [4.78, 5) is 20.1. The Hall–Kier alpha value is -2.11. The standard InChI is InChI=1S/C8H7NO5/c10-5-2-1-3-6(8(5)12)14-4-7(11)9-13/h1-3,10,12H,4H2. The number of nitrogens with zero attached hydrogens (tertiary/aromatic N) is 1. The first-order valence-electron chi connectivity index (χ1n) is 3.65. The van der Waals surface area contributed by atoms with Crippen LogP contribution in [0.2, 0.25) is 0 Å². The molecule has 0 spiro atoms. The molecule has 0 heterocycles. The minimum atomic E-state index is -0.993. The van der Waals surface area contributed by atoms with Crippen molar-refractivity contribution in [1.29, 1.82) is 0 Å². The Morgan fingerprint density at radius 1 is 1.43 bits per heavy atom. The van der Waals surface area contributed by atoms with Crippen LogP contribution >= 0.6 is 0 Å². The number of phenols is 2. The zero-order valence-electron chi connectivity index (χ0n) is 7.01. The van der Waals surface area contributed by atoms with E-state index in [1.54, 1.807) is 0 Å². The van der Waals surface area contributed by atoms with Crippen LogP contribution in [-0.4, -0.2) is 22.7 Å². The molecule has 0 aliphatic carbocycles. The van der Waals surface area contributed by atoms with Gasteiger partial charge in [0.2, 0.25) is 5.75 Å². The lowest BCUT2D eigenvalue weighted by Gasteiger charge is -2.05. The van der Waals surface area contributed by atoms with E-state index < -0.39 is 18.3 Å². The predicted octanol–water partition coefficient (Wildman–Crippen LogP) is 0.770. The van der Waals surface area contributed by atoms with Crippen LogP contribution in [0.25, 0.3) is 0 Å². The van der Waals surface area contributed by atoms with E-state index in [2.05, 4.69) is 5.18 Å². The van der Waals surface area contributed by atoms with Gasteiger partial charge in [-0.2, -0.15) is 0 Å². The van der Waals surface area contributed by atoms with Crippen molar-refractivity contribution in [1.82, 2.24) is 0 Å². The van der Waals surface area contributed by atoms with Crippen LogP contribution in [0.4, 0.5) is 0 Å². The molecule has 0 aliphatic rings. The normalized spacial score (nSPS) is 9.43. The molecule has 0 saturated carbocycles. The maximum absolute atomic E-state index is 10.4. The molecule has 1 rings (SSSR count). The van der Waals surface area contributed by atoms with E-state index in [1.807, 2.05) is 0 Å². The third-order valence-electron chi connectivity index (χ3n) is 1.43. The first-order chi connectivity index (χ1) is 6.65. The van der Waals surface area contributed by atoms with Gasteiger partial charge in [-0.3, -0.25) is 4.79 Å². The van der Waals surface area contributed by atoms with E-state index in [9.17, 15) is 14.8 Å². The van der Waals surface area contributed by atoms with E-state index in [-0.39, 0.29) is 11.5 Å².